The number of thiophene rings is 1. The van der Waals surface area contributed by atoms with Crippen LogP contribution >= 0.6 is 11.3 Å². The summed E-state index contributed by atoms with van der Waals surface area (Å²) in [6.45, 7) is 2.30. The molecule has 1 aliphatic carbocycles. The van der Waals surface area contributed by atoms with Crippen molar-refractivity contribution >= 4 is 17.2 Å². The third kappa shape index (κ3) is 3.07. The van der Waals surface area contributed by atoms with Crippen LogP contribution in [0.3, 0.4) is 0 Å². The number of nitrogens with zero attached hydrogens (tertiary/aromatic N) is 4. The van der Waals surface area contributed by atoms with Crippen molar-refractivity contribution in [3.63, 3.8) is 0 Å². The van der Waals surface area contributed by atoms with Gasteiger partial charge in [0.05, 0.1) is 12.1 Å². The molecule has 0 bridgehead atoms. The van der Waals surface area contributed by atoms with Crippen LogP contribution in [0, 0.1) is 0 Å². The summed E-state index contributed by atoms with van der Waals surface area (Å²) in [6.07, 6.45) is 9.10. The predicted molar refractivity (Wildman–Crippen MR) is 99.8 cm³/mol. The van der Waals surface area contributed by atoms with Gasteiger partial charge in [0.2, 0.25) is 5.89 Å². The summed E-state index contributed by atoms with van der Waals surface area (Å²) in [5.41, 5.74) is 2.06. The van der Waals surface area contributed by atoms with Crippen LogP contribution < -0.4 is 0 Å². The summed E-state index contributed by atoms with van der Waals surface area (Å²) < 4.78 is 7.30. The van der Waals surface area contributed by atoms with Crippen molar-refractivity contribution in [3.8, 4) is 5.00 Å². The lowest BCUT2D eigenvalue weighted by Gasteiger charge is -2.18. The lowest BCUT2D eigenvalue weighted by atomic mass is 9.95. The van der Waals surface area contributed by atoms with Gasteiger partial charge in [0.25, 0.3) is 5.91 Å². The molecule has 0 N–H and O–H groups in total. The molecule has 0 aliphatic heterocycles. The Morgan fingerprint density at radius 3 is 2.81 bits per heavy atom. The first-order valence-electron chi connectivity index (χ1n) is 9.02. The van der Waals surface area contributed by atoms with Crippen LogP contribution in [0.2, 0.25) is 0 Å². The van der Waals surface area contributed by atoms with Crippen molar-refractivity contribution in [2.75, 3.05) is 7.05 Å². The van der Waals surface area contributed by atoms with Gasteiger partial charge in [-0.05, 0) is 43.4 Å². The molecule has 0 spiro atoms. The zero-order valence-electron chi connectivity index (χ0n) is 15.1. The molecule has 0 fully saturated rings. The van der Waals surface area contributed by atoms with Crippen LogP contribution in [0.4, 0.5) is 0 Å². The Morgan fingerprint density at radius 2 is 2.08 bits per heavy atom. The van der Waals surface area contributed by atoms with Crippen molar-refractivity contribution in [2.45, 2.75) is 45.6 Å². The highest BCUT2D eigenvalue weighted by molar-refractivity contribution is 7.15. The van der Waals surface area contributed by atoms with Gasteiger partial charge in [0.15, 0.2) is 5.82 Å². The fourth-order valence-electron chi connectivity index (χ4n) is 3.39. The summed E-state index contributed by atoms with van der Waals surface area (Å²) >= 11 is 1.74. The topological polar surface area (TPSA) is 64.2 Å². The first kappa shape index (κ1) is 17.0. The minimum Gasteiger partial charge on any atom is -0.337 e. The molecule has 4 rings (SSSR count). The number of hydrogen-bond donors (Lipinski definition) is 0. The molecule has 0 atom stereocenters. The van der Waals surface area contributed by atoms with Gasteiger partial charge in [-0.2, -0.15) is 4.98 Å². The second kappa shape index (κ2) is 7.07. The molecule has 6 nitrogen and oxygen atoms in total. The van der Waals surface area contributed by atoms with Gasteiger partial charge in [-0.15, -0.1) is 11.3 Å². The number of aromatic nitrogens is 3. The Kier molecular flexibility index (Phi) is 4.63. The van der Waals surface area contributed by atoms with Crippen LogP contribution in [0.15, 0.2) is 29.0 Å². The van der Waals surface area contributed by atoms with E-state index in [4.69, 9.17) is 4.52 Å². The maximum absolute atomic E-state index is 13.3. The lowest BCUT2D eigenvalue weighted by Crippen LogP contribution is -2.28. The van der Waals surface area contributed by atoms with Crippen molar-refractivity contribution in [1.29, 1.82) is 0 Å². The van der Waals surface area contributed by atoms with Gasteiger partial charge in [-0.3, -0.25) is 4.79 Å². The minimum atomic E-state index is 0.0179. The molecule has 0 radical (unpaired) electrons. The number of aryl methyl sites for hydroxylation is 2. The molecule has 0 saturated carbocycles. The third-order valence-electron chi connectivity index (χ3n) is 4.75. The van der Waals surface area contributed by atoms with Gasteiger partial charge >= 0.3 is 0 Å². The molecule has 3 aromatic rings. The number of hydrogen-bond acceptors (Lipinski definition) is 5. The molecule has 136 valence electrons. The van der Waals surface area contributed by atoms with Crippen molar-refractivity contribution in [2.24, 2.45) is 0 Å². The molecule has 7 heteroatoms. The maximum atomic E-state index is 13.3. The van der Waals surface area contributed by atoms with E-state index < -0.39 is 0 Å². The third-order valence-corrected chi connectivity index (χ3v) is 6.06. The largest absolute Gasteiger partial charge is 0.337 e. The van der Waals surface area contributed by atoms with E-state index in [1.165, 1.54) is 16.9 Å². The van der Waals surface area contributed by atoms with Crippen molar-refractivity contribution < 1.29 is 9.32 Å². The Balaban J connectivity index is 1.67. The molecule has 26 heavy (non-hydrogen) atoms. The molecular formula is C19H22N4O2S. The quantitative estimate of drug-likeness (QED) is 0.688. The molecule has 0 aromatic carbocycles. The van der Waals surface area contributed by atoms with Gasteiger partial charge < -0.3 is 14.0 Å². The van der Waals surface area contributed by atoms with Crippen LogP contribution in [-0.4, -0.2) is 32.6 Å². The molecule has 1 amide bonds. The predicted octanol–water partition coefficient (Wildman–Crippen LogP) is 3.64. The van der Waals surface area contributed by atoms with E-state index in [0.29, 0.717) is 18.3 Å². The van der Waals surface area contributed by atoms with E-state index in [-0.39, 0.29) is 5.91 Å². The monoisotopic (exact) mass is 370 g/mol. The van der Waals surface area contributed by atoms with Crippen molar-refractivity contribution in [1.82, 2.24) is 19.6 Å². The number of carbonyl (C=O) groups excluding carboxylic acids is 1. The SMILES string of the molecule is CCc1noc(CN(C)C(=O)c2c(-n3cccc3)sc3c2CCCC3)n1. The number of amides is 1. The summed E-state index contributed by atoms with van der Waals surface area (Å²) in [7, 11) is 1.80. The normalized spacial score (nSPS) is 13.6. The fraction of sp³-hybridized carbons (Fsp3) is 0.421. The van der Waals surface area contributed by atoms with Gasteiger partial charge in [0.1, 0.15) is 5.00 Å². The zero-order chi connectivity index (χ0) is 18.1. The Morgan fingerprint density at radius 1 is 1.31 bits per heavy atom. The second-order valence-corrected chi connectivity index (χ2v) is 7.68. The van der Waals surface area contributed by atoms with Gasteiger partial charge in [-0.1, -0.05) is 12.1 Å². The molecule has 3 aromatic heterocycles. The Bertz CT molecular complexity index is 910. The summed E-state index contributed by atoms with van der Waals surface area (Å²) in [6, 6.07) is 3.97. The maximum Gasteiger partial charge on any atom is 0.257 e. The highest BCUT2D eigenvalue weighted by atomic mass is 32.1. The summed E-state index contributed by atoms with van der Waals surface area (Å²) in [5, 5.41) is 4.92. The van der Waals surface area contributed by atoms with E-state index in [1.807, 2.05) is 36.0 Å². The van der Waals surface area contributed by atoms with E-state index in [1.54, 1.807) is 23.3 Å². The molecular weight excluding hydrogens is 348 g/mol. The number of rotatable bonds is 5. The molecule has 0 unspecified atom stereocenters. The van der Waals surface area contributed by atoms with E-state index >= 15 is 0 Å². The average molecular weight is 370 g/mol. The molecule has 3 heterocycles. The second-order valence-electron chi connectivity index (χ2n) is 6.60. The Hall–Kier alpha value is -2.41. The van der Waals surface area contributed by atoms with Crippen LogP contribution in [0.1, 0.15) is 52.3 Å². The van der Waals surface area contributed by atoms with E-state index in [9.17, 15) is 4.79 Å². The van der Waals surface area contributed by atoms with Gasteiger partial charge in [0, 0.05) is 30.7 Å². The minimum absolute atomic E-state index is 0.0179. The number of fused-ring (bicyclic) bond motifs is 1. The first-order valence-corrected chi connectivity index (χ1v) is 9.83. The van der Waals surface area contributed by atoms with E-state index in [2.05, 4.69) is 10.1 Å². The van der Waals surface area contributed by atoms with Crippen LogP contribution in [0.25, 0.3) is 5.00 Å². The zero-order valence-corrected chi connectivity index (χ0v) is 15.9. The van der Waals surface area contributed by atoms with E-state index in [0.717, 1.165) is 36.2 Å². The highest BCUT2D eigenvalue weighted by Crippen LogP contribution is 2.37. The molecule has 1 aliphatic rings. The van der Waals surface area contributed by atoms with Gasteiger partial charge in [-0.25, -0.2) is 0 Å². The fourth-order valence-corrected chi connectivity index (χ4v) is 4.73. The standard InChI is InChI=1S/C19H22N4O2S/c1-3-15-20-16(25-21-15)12-22(2)18(24)17-13-8-4-5-9-14(13)26-19(17)23-10-6-7-11-23/h6-7,10-11H,3-5,8-9,12H2,1-2H3. The Labute approximate surface area is 156 Å². The van der Waals surface area contributed by atoms with Crippen molar-refractivity contribution in [3.05, 3.63) is 52.2 Å². The molecule has 0 saturated heterocycles. The first-order chi connectivity index (χ1) is 12.7. The summed E-state index contributed by atoms with van der Waals surface area (Å²) in [4.78, 5) is 20.6. The smallest absolute Gasteiger partial charge is 0.257 e. The number of carbonyl (C=O) groups is 1. The highest BCUT2D eigenvalue weighted by Gasteiger charge is 2.28. The van der Waals surface area contributed by atoms with Crippen LogP contribution in [-0.2, 0) is 25.8 Å². The lowest BCUT2D eigenvalue weighted by molar-refractivity contribution is 0.0769. The van der Waals surface area contributed by atoms with Crippen LogP contribution in [0.5, 0.6) is 0 Å². The summed E-state index contributed by atoms with van der Waals surface area (Å²) in [5.74, 6) is 1.16. The average Bonchev–Trinajstić information content (AvgIpc) is 3.39.